The Morgan fingerprint density at radius 2 is 2.08 bits per heavy atom. The molecular formula is C22H29N3. The highest BCUT2D eigenvalue weighted by Gasteiger charge is 2.29. The van der Waals surface area contributed by atoms with Gasteiger partial charge in [0, 0.05) is 25.3 Å². The molecule has 2 atom stereocenters. The van der Waals surface area contributed by atoms with Crippen molar-refractivity contribution in [3.8, 4) is 0 Å². The molecule has 2 aliphatic rings. The first-order chi connectivity index (χ1) is 12.3. The highest BCUT2D eigenvalue weighted by Crippen LogP contribution is 2.33. The lowest BCUT2D eigenvalue weighted by Crippen LogP contribution is -2.46. The van der Waals surface area contributed by atoms with Crippen molar-refractivity contribution in [2.24, 2.45) is 0 Å². The minimum Gasteiger partial charge on any atom is -0.308 e. The molecule has 0 bridgehead atoms. The number of hydrogen-bond acceptors (Lipinski definition) is 3. The maximum Gasteiger partial charge on any atom is 0.0607 e. The van der Waals surface area contributed by atoms with Gasteiger partial charge in [-0.15, -0.1) is 0 Å². The lowest BCUT2D eigenvalue weighted by molar-refractivity contribution is 0.161. The zero-order valence-corrected chi connectivity index (χ0v) is 15.5. The second kappa shape index (κ2) is 7.27. The molecule has 0 fully saturated rings. The fourth-order valence-corrected chi connectivity index (χ4v) is 4.62. The molecule has 1 N–H and O–H groups in total. The fraction of sp³-hybridized carbons (Fsp3) is 0.500. The summed E-state index contributed by atoms with van der Waals surface area (Å²) in [6.07, 6.45) is 6.80. The zero-order valence-electron chi connectivity index (χ0n) is 15.5. The van der Waals surface area contributed by atoms with Crippen molar-refractivity contribution in [3.63, 3.8) is 0 Å². The summed E-state index contributed by atoms with van der Waals surface area (Å²) in [5.74, 6) is 0. The van der Waals surface area contributed by atoms with Crippen LogP contribution in [0.1, 0.15) is 53.8 Å². The van der Waals surface area contributed by atoms with Gasteiger partial charge in [-0.3, -0.25) is 9.88 Å². The standard InChI is InChI=1S/C22H29N3/c1-3-25(21-11-5-8-17-10-6-12-23-22(17)21)15-19-13-20-16(2)7-4-9-18(20)14-24-19/h4,6-7,9-10,12,19,21,24H,3,5,8,11,13-15H2,1-2H3/t19?,21-/m0/s1. The predicted octanol–water partition coefficient (Wildman–Crippen LogP) is 3.80. The topological polar surface area (TPSA) is 28.2 Å². The van der Waals surface area contributed by atoms with Crippen molar-refractivity contribution in [2.45, 2.75) is 58.2 Å². The third-order valence-corrected chi connectivity index (χ3v) is 6.01. The minimum absolute atomic E-state index is 0.481. The monoisotopic (exact) mass is 335 g/mol. The first-order valence-electron chi connectivity index (χ1n) is 9.75. The zero-order chi connectivity index (χ0) is 17.2. The molecule has 3 nitrogen and oxygen atoms in total. The van der Waals surface area contributed by atoms with Crippen LogP contribution >= 0.6 is 0 Å². The van der Waals surface area contributed by atoms with Crippen LogP contribution in [0.5, 0.6) is 0 Å². The summed E-state index contributed by atoms with van der Waals surface area (Å²) in [6, 6.07) is 12.1. The van der Waals surface area contributed by atoms with Gasteiger partial charge in [-0.25, -0.2) is 0 Å². The van der Waals surface area contributed by atoms with Crippen LogP contribution in [0.25, 0.3) is 0 Å². The van der Waals surface area contributed by atoms with E-state index in [0.717, 1.165) is 26.1 Å². The van der Waals surface area contributed by atoms with E-state index in [0.29, 0.717) is 12.1 Å². The molecule has 0 spiro atoms. The van der Waals surface area contributed by atoms with Gasteiger partial charge >= 0.3 is 0 Å². The van der Waals surface area contributed by atoms with Gasteiger partial charge < -0.3 is 5.32 Å². The third-order valence-electron chi connectivity index (χ3n) is 6.01. The normalized spacial score (nSPS) is 22.5. The number of aromatic nitrogens is 1. The number of fused-ring (bicyclic) bond motifs is 2. The van der Waals surface area contributed by atoms with Crippen LogP contribution in [0.4, 0.5) is 0 Å². The molecule has 1 aromatic carbocycles. The smallest absolute Gasteiger partial charge is 0.0607 e. The van der Waals surface area contributed by atoms with Crippen molar-refractivity contribution in [1.82, 2.24) is 15.2 Å². The molecule has 0 saturated carbocycles. The Hall–Kier alpha value is -1.71. The van der Waals surface area contributed by atoms with Crippen molar-refractivity contribution in [1.29, 1.82) is 0 Å². The molecule has 1 aliphatic heterocycles. The summed E-state index contributed by atoms with van der Waals surface area (Å²) in [7, 11) is 0. The summed E-state index contributed by atoms with van der Waals surface area (Å²) in [5.41, 5.74) is 7.25. The molecule has 25 heavy (non-hydrogen) atoms. The average Bonchev–Trinajstić information content (AvgIpc) is 2.66. The van der Waals surface area contributed by atoms with E-state index in [2.05, 4.69) is 54.4 Å². The van der Waals surface area contributed by atoms with E-state index in [1.807, 2.05) is 6.20 Å². The van der Waals surface area contributed by atoms with E-state index < -0.39 is 0 Å². The quantitative estimate of drug-likeness (QED) is 0.921. The highest BCUT2D eigenvalue weighted by atomic mass is 15.2. The van der Waals surface area contributed by atoms with Gasteiger partial charge in [0.15, 0.2) is 0 Å². The van der Waals surface area contributed by atoms with Crippen molar-refractivity contribution >= 4 is 0 Å². The summed E-state index contributed by atoms with van der Waals surface area (Å²) in [4.78, 5) is 7.40. The summed E-state index contributed by atoms with van der Waals surface area (Å²) < 4.78 is 0. The predicted molar refractivity (Wildman–Crippen MR) is 103 cm³/mol. The van der Waals surface area contributed by atoms with Crippen LogP contribution in [0.15, 0.2) is 36.5 Å². The van der Waals surface area contributed by atoms with Crippen molar-refractivity contribution < 1.29 is 0 Å². The Balaban J connectivity index is 1.51. The molecule has 4 rings (SSSR count). The highest BCUT2D eigenvalue weighted by molar-refractivity contribution is 5.37. The molecule has 132 valence electrons. The Labute approximate surface area is 151 Å². The lowest BCUT2D eigenvalue weighted by Gasteiger charge is -2.38. The van der Waals surface area contributed by atoms with Gasteiger partial charge in [0.25, 0.3) is 0 Å². The molecule has 2 aromatic rings. The van der Waals surface area contributed by atoms with Gasteiger partial charge in [0.1, 0.15) is 0 Å². The van der Waals surface area contributed by atoms with Gasteiger partial charge in [-0.1, -0.05) is 31.2 Å². The maximum atomic E-state index is 4.75. The largest absolute Gasteiger partial charge is 0.308 e. The number of nitrogens with one attached hydrogen (secondary N) is 1. The van der Waals surface area contributed by atoms with Gasteiger partial charge in [0.05, 0.1) is 11.7 Å². The molecule has 1 unspecified atom stereocenters. The molecule has 1 aromatic heterocycles. The molecule has 0 saturated heterocycles. The summed E-state index contributed by atoms with van der Waals surface area (Å²) >= 11 is 0. The molecule has 1 aliphatic carbocycles. The van der Waals surface area contributed by atoms with Gasteiger partial charge in [-0.2, -0.15) is 0 Å². The Kier molecular flexibility index (Phi) is 4.87. The number of hydrogen-bond donors (Lipinski definition) is 1. The number of nitrogens with zero attached hydrogens (tertiary/aromatic N) is 2. The van der Waals surface area contributed by atoms with Crippen molar-refractivity contribution in [3.05, 3.63) is 64.5 Å². The van der Waals surface area contributed by atoms with Crippen LogP contribution < -0.4 is 5.32 Å². The molecule has 0 radical (unpaired) electrons. The number of likely N-dealkylation sites (N-methyl/N-ethyl adjacent to an activating group) is 1. The first-order valence-corrected chi connectivity index (χ1v) is 9.75. The number of pyridine rings is 1. The number of benzene rings is 1. The third kappa shape index (κ3) is 3.36. The van der Waals surface area contributed by atoms with Crippen LogP contribution in [-0.4, -0.2) is 29.0 Å². The Morgan fingerprint density at radius 3 is 2.96 bits per heavy atom. The van der Waals surface area contributed by atoms with Crippen LogP contribution in [0.2, 0.25) is 0 Å². The van der Waals surface area contributed by atoms with E-state index in [9.17, 15) is 0 Å². The van der Waals surface area contributed by atoms with E-state index in [-0.39, 0.29) is 0 Å². The Morgan fingerprint density at radius 1 is 1.20 bits per heavy atom. The van der Waals surface area contributed by atoms with E-state index in [1.165, 1.54) is 41.6 Å². The molecule has 0 amide bonds. The second-order valence-electron chi connectivity index (χ2n) is 7.54. The minimum atomic E-state index is 0.481. The van der Waals surface area contributed by atoms with Crippen LogP contribution in [0.3, 0.4) is 0 Å². The lowest BCUT2D eigenvalue weighted by atomic mass is 9.89. The molecule has 2 heterocycles. The second-order valence-corrected chi connectivity index (χ2v) is 7.54. The van der Waals surface area contributed by atoms with Gasteiger partial charge in [0.2, 0.25) is 0 Å². The molecular weight excluding hydrogens is 306 g/mol. The number of rotatable bonds is 4. The van der Waals surface area contributed by atoms with Crippen molar-refractivity contribution in [2.75, 3.05) is 13.1 Å². The van der Waals surface area contributed by atoms with E-state index in [4.69, 9.17) is 4.98 Å². The number of aryl methyl sites for hydroxylation is 2. The fourth-order valence-electron chi connectivity index (χ4n) is 4.62. The van der Waals surface area contributed by atoms with Gasteiger partial charge in [-0.05, 0) is 67.5 Å². The first kappa shape index (κ1) is 16.7. The summed E-state index contributed by atoms with van der Waals surface area (Å²) in [6.45, 7) is 7.72. The molecule has 3 heteroatoms. The van der Waals surface area contributed by atoms with E-state index >= 15 is 0 Å². The van der Waals surface area contributed by atoms with E-state index in [1.54, 1.807) is 5.56 Å². The van der Waals surface area contributed by atoms with Crippen LogP contribution in [0, 0.1) is 6.92 Å². The van der Waals surface area contributed by atoms with Crippen LogP contribution in [-0.2, 0) is 19.4 Å². The summed E-state index contributed by atoms with van der Waals surface area (Å²) in [5, 5.41) is 3.77. The average molecular weight is 335 g/mol. The SMILES string of the molecule is CCN(CC1Cc2c(C)cccc2CN1)[C@H]1CCCc2cccnc21. The maximum absolute atomic E-state index is 4.75. The Bertz CT molecular complexity index is 740.